The lowest BCUT2D eigenvalue weighted by molar-refractivity contribution is -0.163. The van der Waals surface area contributed by atoms with E-state index in [0.29, 0.717) is 51.4 Å². The summed E-state index contributed by atoms with van der Waals surface area (Å²) in [6.07, 6.45) is 3.07. The van der Waals surface area contributed by atoms with Gasteiger partial charge >= 0.3 is 23.9 Å². The molecule has 344 valence electrons. The smallest absolute Gasteiger partial charge is 0.338 e. The van der Waals surface area contributed by atoms with Crippen LogP contribution in [0.15, 0.2) is 72.8 Å². The van der Waals surface area contributed by atoms with Gasteiger partial charge < -0.3 is 49.2 Å². The number of rotatable bonds is 24. The molecule has 0 amide bonds. The van der Waals surface area contributed by atoms with Crippen LogP contribution in [0.25, 0.3) is 0 Å². The highest BCUT2D eigenvalue weighted by Crippen LogP contribution is 2.31. The van der Waals surface area contributed by atoms with Crippen LogP contribution in [0, 0.1) is 17.8 Å². The molecule has 1 saturated heterocycles. The Balaban J connectivity index is 0.000000325. The van der Waals surface area contributed by atoms with E-state index in [4.69, 9.17) is 33.9 Å². The van der Waals surface area contributed by atoms with Crippen LogP contribution in [0.5, 0.6) is 17.2 Å². The number of benzene rings is 3. The third-order valence-corrected chi connectivity index (χ3v) is 10.2. The number of hydrogen-bond donors (Lipinski definition) is 5. The summed E-state index contributed by atoms with van der Waals surface area (Å²) in [6.45, 7) is 14.9. The summed E-state index contributed by atoms with van der Waals surface area (Å²) < 4.78 is 26.6. The van der Waals surface area contributed by atoms with Gasteiger partial charge in [0.15, 0.2) is 12.2 Å². The Morgan fingerprint density at radius 2 is 1.00 bits per heavy atom. The van der Waals surface area contributed by atoms with Crippen molar-refractivity contribution in [1.29, 1.82) is 0 Å². The van der Waals surface area contributed by atoms with Crippen molar-refractivity contribution in [2.24, 2.45) is 17.8 Å². The lowest BCUT2D eigenvalue weighted by atomic mass is 9.94. The fourth-order valence-electron chi connectivity index (χ4n) is 6.60. The molecular weight excluding hydrogens is 801 g/mol. The molecule has 0 radical (unpaired) electrons. The summed E-state index contributed by atoms with van der Waals surface area (Å²) >= 11 is 0. The van der Waals surface area contributed by atoms with Crippen molar-refractivity contribution in [3.8, 4) is 17.2 Å². The zero-order valence-electron chi connectivity index (χ0n) is 37.3. The van der Waals surface area contributed by atoms with Gasteiger partial charge in [0.25, 0.3) is 0 Å². The Morgan fingerprint density at radius 3 is 1.31 bits per heavy atom. The number of esters is 1. The fraction of sp³-hybridized carbons (Fsp3) is 0.542. The van der Waals surface area contributed by atoms with E-state index in [-0.39, 0.29) is 12.5 Å². The number of carboxylic acid groups (broad SMARTS) is 3. The molecule has 1 fully saturated rings. The zero-order chi connectivity index (χ0) is 46.2. The van der Waals surface area contributed by atoms with Crippen molar-refractivity contribution < 1.29 is 68.4 Å². The predicted molar refractivity (Wildman–Crippen MR) is 233 cm³/mol. The maximum atomic E-state index is 11.8. The van der Waals surface area contributed by atoms with E-state index in [1.54, 1.807) is 13.8 Å². The average molecular weight is 869 g/mol. The number of aliphatic hydroxyl groups excluding tert-OH is 2. The van der Waals surface area contributed by atoms with Gasteiger partial charge in [-0.05, 0) is 144 Å². The number of hydrogen-bond acceptors (Lipinski definition) is 11. The minimum Gasteiger partial charge on any atom is -0.494 e. The molecule has 3 aromatic carbocycles. The maximum Gasteiger partial charge on any atom is 0.338 e. The van der Waals surface area contributed by atoms with Crippen LogP contribution in [-0.2, 0) is 47.9 Å². The van der Waals surface area contributed by atoms with E-state index in [9.17, 15) is 34.5 Å². The second-order valence-corrected chi connectivity index (χ2v) is 15.7. The second kappa shape index (κ2) is 27.7. The zero-order valence-corrected chi connectivity index (χ0v) is 37.3. The van der Waals surface area contributed by atoms with Crippen molar-refractivity contribution in [1.82, 2.24) is 0 Å². The largest absolute Gasteiger partial charge is 0.494 e. The van der Waals surface area contributed by atoms with Gasteiger partial charge in [0, 0.05) is 13.8 Å². The van der Waals surface area contributed by atoms with E-state index >= 15 is 0 Å². The molecule has 3 aromatic rings. The first-order valence-corrected chi connectivity index (χ1v) is 21.5. The number of cyclic esters (lactones) is 1. The minimum atomic E-state index is -1.87. The third-order valence-electron chi connectivity index (χ3n) is 10.2. The molecule has 0 aromatic heterocycles. The lowest BCUT2D eigenvalue weighted by Crippen LogP contribution is -2.34. The van der Waals surface area contributed by atoms with E-state index in [0.717, 1.165) is 54.1 Å². The second-order valence-electron chi connectivity index (χ2n) is 15.7. The van der Waals surface area contributed by atoms with Crippen LogP contribution in [-0.4, -0.2) is 93.3 Å². The summed E-state index contributed by atoms with van der Waals surface area (Å²) in [5.41, 5.74) is 3.44. The highest BCUT2D eigenvalue weighted by Gasteiger charge is 2.47. The molecule has 6 atom stereocenters. The highest BCUT2D eigenvalue weighted by atomic mass is 16.8. The molecule has 0 bridgehead atoms. The molecule has 1 aliphatic heterocycles. The Labute approximate surface area is 366 Å². The Kier molecular flexibility index (Phi) is 23.7. The van der Waals surface area contributed by atoms with Crippen molar-refractivity contribution >= 4 is 23.9 Å². The highest BCUT2D eigenvalue weighted by molar-refractivity contribution is 5.84. The lowest BCUT2D eigenvalue weighted by Gasteiger charge is -2.19. The first-order chi connectivity index (χ1) is 29.4. The summed E-state index contributed by atoms with van der Waals surface area (Å²) in [5, 5.41) is 45.8. The molecular formula is C48H68O14. The van der Waals surface area contributed by atoms with Crippen LogP contribution in [0.2, 0.25) is 0 Å². The van der Waals surface area contributed by atoms with Gasteiger partial charge in [0.1, 0.15) is 17.2 Å². The Hall–Kier alpha value is -5.18. The molecule has 14 heteroatoms. The van der Waals surface area contributed by atoms with E-state index in [2.05, 4.69) is 19.1 Å². The molecule has 1 aliphatic rings. The molecule has 0 aliphatic carbocycles. The van der Waals surface area contributed by atoms with Crippen molar-refractivity contribution in [2.45, 2.75) is 130 Å². The maximum absolute atomic E-state index is 11.8. The van der Waals surface area contributed by atoms with Crippen LogP contribution < -0.4 is 14.2 Å². The first-order valence-electron chi connectivity index (χ1n) is 21.5. The van der Waals surface area contributed by atoms with Crippen LogP contribution >= 0.6 is 0 Å². The van der Waals surface area contributed by atoms with Crippen molar-refractivity contribution in [3.63, 3.8) is 0 Å². The van der Waals surface area contributed by atoms with Crippen LogP contribution in [0.3, 0.4) is 0 Å². The van der Waals surface area contributed by atoms with Crippen LogP contribution in [0.1, 0.15) is 104 Å². The van der Waals surface area contributed by atoms with Gasteiger partial charge in [-0.1, -0.05) is 43.3 Å². The molecule has 62 heavy (non-hydrogen) atoms. The number of ether oxygens (including phenoxy) is 5. The number of carboxylic acids is 3. The predicted octanol–water partition coefficient (Wildman–Crippen LogP) is 7.77. The Morgan fingerprint density at radius 1 is 0.613 bits per heavy atom. The van der Waals surface area contributed by atoms with Gasteiger partial charge in [-0.3, -0.25) is 9.59 Å². The van der Waals surface area contributed by atoms with E-state index in [1.807, 2.05) is 88.4 Å². The fourth-order valence-corrected chi connectivity index (χ4v) is 6.60. The number of carbonyl (C=O) groups excluding carboxylic acids is 1. The van der Waals surface area contributed by atoms with Crippen molar-refractivity contribution in [3.05, 3.63) is 89.5 Å². The van der Waals surface area contributed by atoms with E-state index in [1.165, 1.54) is 5.56 Å². The number of aliphatic hydroxyl groups is 2. The van der Waals surface area contributed by atoms with Gasteiger partial charge in [0.2, 0.25) is 5.79 Å². The van der Waals surface area contributed by atoms with Gasteiger partial charge in [-0.25, -0.2) is 9.59 Å². The molecule has 1 heterocycles. The standard InChI is InChI=1S/C18H24O6.C15H20O6.C15H24O2/c1-4-22-13-10-8-12(9-11-13)6-5-7-14(16(19)20)15-17(21)24-18(2,3)23-15;1-2-21-11-8-6-10(7-9-11)4-3-5-12(14(17)18)13(16)15(19)20;1-4-17-15-10-8-14(9-11-15)7-5-6-12(2)13(3)16/h8-11,14-15H,4-7H2,1-3H3,(H,19,20);6-9,12-13,16H,2-5H2,1H3,(H,17,18)(H,19,20);8-13,16H,4-7H2,1-3H3/t14-,15+;12-,13+;12-,13-/m111/s1. The number of aryl methyl sites for hydroxylation is 3. The molecule has 0 spiro atoms. The topological polar surface area (TPSA) is 216 Å². The third kappa shape index (κ3) is 19.7. The quantitative estimate of drug-likeness (QED) is 0.0544. The van der Waals surface area contributed by atoms with Crippen molar-refractivity contribution in [2.75, 3.05) is 19.8 Å². The summed E-state index contributed by atoms with van der Waals surface area (Å²) in [5.74, 6) is -4.79. The number of carbonyl (C=O) groups is 4. The molecule has 0 unspecified atom stereocenters. The summed E-state index contributed by atoms with van der Waals surface area (Å²) in [7, 11) is 0. The summed E-state index contributed by atoms with van der Waals surface area (Å²) in [4.78, 5) is 45.0. The minimum absolute atomic E-state index is 0.107. The normalized spacial score (nSPS) is 16.4. The van der Waals surface area contributed by atoms with Crippen LogP contribution in [0.4, 0.5) is 0 Å². The molecule has 4 rings (SSSR count). The molecule has 5 N–H and O–H groups in total. The summed E-state index contributed by atoms with van der Waals surface area (Å²) in [6, 6.07) is 23.4. The Bertz CT molecular complexity index is 1760. The van der Waals surface area contributed by atoms with Gasteiger partial charge in [0.05, 0.1) is 37.8 Å². The van der Waals surface area contributed by atoms with Gasteiger partial charge in [-0.2, -0.15) is 0 Å². The van der Waals surface area contributed by atoms with E-state index < -0.39 is 53.7 Å². The average Bonchev–Trinajstić information content (AvgIpc) is 3.50. The molecule has 14 nitrogen and oxygen atoms in total. The number of aliphatic carboxylic acids is 3. The SMILES string of the molecule is CCOc1ccc(CCC[C@@H](C(=O)O)[C@@H]2OC(C)(C)OC2=O)cc1.CCOc1ccc(CCC[C@@H](C(=O)O)[C@H](O)C(=O)O)cc1.CCOc1ccc(CCC[C@@H](C)[C@@H](C)O)cc1. The molecule has 0 saturated carbocycles. The van der Waals surface area contributed by atoms with Gasteiger partial charge in [-0.15, -0.1) is 0 Å². The first kappa shape index (κ1) is 53.0. The monoisotopic (exact) mass is 868 g/mol.